The molecule has 160 valence electrons. The van der Waals surface area contributed by atoms with Crippen LogP contribution in [0.2, 0.25) is 0 Å². The number of rotatable bonds is 6. The third-order valence-corrected chi connectivity index (χ3v) is 7.12. The number of nitrogens with zero attached hydrogens (tertiary/aromatic N) is 4. The van der Waals surface area contributed by atoms with Crippen LogP contribution in [0.25, 0.3) is 0 Å². The van der Waals surface area contributed by atoms with Crippen molar-refractivity contribution in [3.63, 3.8) is 0 Å². The SMILES string of the molecule is CO[C@@H]1C[C@H]2CN(C(=O)CCc3cccc(F)c3)C[C@H]2C[C@H]1n1cc(C2CC2)nn1. The zero-order chi connectivity index (χ0) is 20.7. The van der Waals surface area contributed by atoms with Crippen LogP contribution in [0.3, 0.4) is 0 Å². The molecule has 7 heteroatoms. The Labute approximate surface area is 176 Å². The van der Waals surface area contributed by atoms with Gasteiger partial charge in [-0.2, -0.15) is 0 Å². The average Bonchev–Trinajstić information content (AvgIpc) is 3.33. The van der Waals surface area contributed by atoms with Crippen LogP contribution < -0.4 is 0 Å². The van der Waals surface area contributed by atoms with Gasteiger partial charge in [0.25, 0.3) is 0 Å². The molecule has 0 bridgehead atoms. The summed E-state index contributed by atoms with van der Waals surface area (Å²) in [5, 5.41) is 8.79. The summed E-state index contributed by atoms with van der Waals surface area (Å²) >= 11 is 0. The van der Waals surface area contributed by atoms with Crippen LogP contribution in [0.4, 0.5) is 4.39 Å². The summed E-state index contributed by atoms with van der Waals surface area (Å²) in [6.07, 6.45) is 7.54. The second kappa shape index (κ2) is 8.10. The molecule has 30 heavy (non-hydrogen) atoms. The standard InChI is InChI=1S/C23H29FN4O2/c1-30-22-11-18-13-27(23(29)8-5-15-3-2-4-19(24)9-15)12-17(18)10-21(22)28-14-20(25-26-28)16-6-7-16/h2-4,9,14,16-18,21-22H,5-8,10-13H2,1H3/t17-,18+,21-,22-/m1/s1. The molecule has 0 radical (unpaired) electrons. The van der Waals surface area contributed by atoms with Gasteiger partial charge in [-0.25, -0.2) is 9.07 Å². The number of hydrogen-bond donors (Lipinski definition) is 0. The Bertz CT molecular complexity index is 912. The number of amides is 1. The highest BCUT2D eigenvalue weighted by molar-refractivity contribution is 5.76. The van der Waals surface area contributed by atoms with Gasteiger partial charge >= 0.3 is 0 Å². The van der Waals surface area contributed by atoms with Crippen molar-refractivity contribution in [3.8, 4) is 0 Å². The maximum absolute atomic E-state index is 13.4. The van der Waals surface area contributed by atoms with Crippen molar-refractivity contribution in [2.24, 2.45) is 11.8 Å². The summed E-state index contributed by atoms with van der Waals surface area (Å²) in [5.74, 6) is 1.44. The number of carbonyl (C=O) groups excluding carboxylic acids is 1. The molecule has 2 aliphatic carbocycles. The zero-order valence-corrected chi connectivity index (χ0v) is 17.4. The van der Waals surface area contributed by atoms with E-state index in [1.807, 2.05) is 15.6 Å². The highest BCUT2D eigenvalue weighted by Crippen LogP contribution is 2.43. The molecule has 1 aromatic carbocycles. The number of ether oxygens (including phenoxy) is 1. The summed E-state index contributed by atoms with van der Waals surface area (Å²) in [4.78, 5) is 14.8. The number of fused-ring (bicyclic) bond motifs is 1. The van der Waals surface area contributed by atoms with E-state index in [1.54, 1.807) is 13.2 Å². The lowest BCUT2D eigenvalue weighted by atomic mass is 9.77. The van der Waals surface area contributed by atoms with E-state index >= 15 is 0 Å². The Balaban J connectivity index is 1.21. The number of hydrogen-bond acceptors (Lipinski definition) is 4. The normalized spacial score (nSPS) is 28.5. The van der Waals surface area contributed by atoms with Gasteiger partial charge in [0.05, 0.1) is 17.8 Å². The largest absolute Gasteiger partial charge is 0.379 e. The topological polar surface area (TPSA) is 60.2 Å². The second-order valence-corrected chi connectivity index (χ2v) is 9.16. The highest BCUT2D eigenvalue weighted by Gasteiger charge is 2.44. The number of aromatic nitrogens is 3. The minimum absolute atomic E-state index is 0.0994. The van der Waals surface area contributed by atoms with Crippen LogP contribution in [0.15, 0.2) is 30.5 Å². The molecule has 3 fully saturated rings. The number of methoxy groups -OCH3 is 1. The molecule has 1 aromatic heterocycles. The van der Waals surface area contributed by atoms with Crippen LogP contribution in [0, 0.1) is 17.7 Å². The van der Waals surface area contributed by atoms with Gasteiger partial charge in [0.15, 0.2) is 0 Å². The minimum Gasteiger partial charge on any atom is -0.379 e. The third kappa shape index (κ3) is 4.00. The van der Waals surface area contributed by atoms with Crippen molar-refractivity contribution in [1.82, 2.24) is 19.9 Å². The fraction of sp³-hybridized carbons (Fsp3) is 0.609. The monoisotopic (exact) mass is 412 g/mol. The van der Waals surface area contributed by atoms with Gasteiger partial charge < -0.3 is 9.64 Å². The lowest BCUT2D eigenvalue weighted by Gasteiger charge is -2.36. The molecule has 3 aliphatic rings. The highest BCUT2D eigenvalue weighted by atomic mass is 19.1. The molecular weight excluding hydrogens is 383 g/mol. The molecule has 1 aliphatic heterocycles. The second-order valence-electron chi connectivity index (χ2n) is 9.16. The molecule has 0 unspecified atom stereocenters. The summed E-state index contributed by atoms with van der Waals surface area (Å²) in [6, 6.07) is 6.70. The average molecular weight is 413 g/mol. The molecule has 0 spiro atoms. The maximum atomic E-state index is 13.4. The first kappa shape index (κ1) is 19.7. The van der Waals surface area contributed by atoms with E-state index in [9.17, 15) is 9.18 Å². The van der Waals surface area contributed by atoms with Crippen molar-refractivity contribution in [3.05, 3.63) is 47.5 Å². The van der Waals surface area contributed by atoms with E-state index in [4.69, 9.17) is 4.74 Å². The van der Waals surface area contributed by atoms with Gasteiger partial charge in [-0.15, -0.1) is 5.10 Å². The smallest absolute Gasteiger partial charge is 0.222 e. The molecule has 2 heterocycles. The van der Waals surface area contributed by atoms with Gasteiger partial charge in [0.1, 0.15) is 5.82 Å². The van der Waals surface area contributed by atoms with Crippen molar-refractivity contribution in [2.45, 2.75) is 56.6 Å². The number of benzene rings is 1. The molecular formula is C23H29FN4O2. The molecule has 2 aromatic rings. The lowest BCUT2D eigenvalue weighted by Crippen LogP contribution is -2.37. The summed E-state index contributed by atoms with van der Waals surface area (Å²) in [6.45, 7) is 1.59. The summed E-state index contributed by atoms with van der Waals surface area (Å²) < 4.78 is 21.2. The predicted molar refractivity (Wildman–Crippen MR) is 109 cm³/mol. The predicted octanol–water partition coefficient (Wildman–Crippen LogP) is 3.35. The molecule has 4 atom stereocenters. The van der Waals surface area contributed by atoms with Crippen LogP contribution in [-0.2, 0) is 16.0 Å². The van der Waals surface area contributed by atoms with Crippen molar-refractivity contribution in [1.29, 1.82) is 0 Å². The fourth-order valence-corrected chi connectivity index (χ4v) is 5.25. The quantitative estimate of drug-likeness (QED) is 0.730. The summed E-state index contributed by atoms with van der Waals surface area (Å²) in [7, 11) is 1.77. The number of carbonyl (C=O) groups is 1. The first-order valence-corrected chi connectivity index (χ1v) is 11.1. The van der Waals surface area contributed by atoms with E-state index in [0.717, 1.165) is 37.2 Å². The Hall–Kier alpha value is -2.28. The van der Waals surface area contributed by atoms with Crippen LogP contribution in [0.1, 0.15) is 55.3 Å². The molecule has 1 saturated heterocycles. The van der Waals surface area contributed by atoms with Crippen LogP contribution in [-0.4, -0.2) is 52.1 Å². The van der Waals surface area contributed by atoms with Gasteiger partial charge in [-0.05, 0) is 61.6 Å². The Morgan fingerprint density at radius 2 is 2.03 bits per heavy atom. The first-order chi connectivity index (χ1) is 14.6. The van der Waals surface area contributed by atoms with E-state index in [-0.39, 0.29) is 23.9 Å². The van der Waals surface area contributed by atoms with Crippen molar-refractivity contribution < 1.29 is 13.9 Å². The maximum Gasteiger partial charge on any atom is 0.222 e. The molecule has 6 nitrogen and oxygen atoms in total. The van der Waals surface area contributed by atoms with Crippen LogP contribution in [0.5, 0.6) is 0 Å². The zero-order valence-electron chi connectivity index (χ0n) is 17.4. The summed E-state index contributed by atoms with van der Waals surface area (Å²) in [5.41, 5.74) is 1.98. The lowest BCUT2D eigenvalue weighted by molar-refractivity contribution is -0.130. The fourth-order valence-electron chi connectivity index (χ4n) is 5.25. The molecule has 5 rings (SSSR count). The van der Waals surface area contributed by atoms with Gasteiger partial charge in [-0.1, -0.05) is 17.3 Å². The van der Waals surface area contributed by atoms with Gasteiger partial charge in [0, 0.05) is 38.7 Å². The Kier molecular flexibility index (Phi) is 5.31. The van der Waals surface area contributed by atoms with E-state index in [1.165, 1.54) is 25.0 Å². The molecule has 2 saturated carbocycles. The Morgan fingerprint density at radius 3 is 2.77 bits per heavy atom. The van der Waals surface area contributed by atoms with Gasteiger partial charge in [-0.3, -0.25) is 4.79 Å². The number of halogens is 1. The van der Waals surface area contributed by atoms with Crippen molar-refractivity contribution >= 4 is 5.91 Å². The van der Waals surface area contributed by atoms with Gasteiger partial charge in [0.2, 0.25) is 5.91 Å². The molecule has 0 N–H and O–H groups in total. The van der Waals surface area contributed by atoms with E-state index < -0.39 is 0 Å². The van der Waals surface area contributed by atoms with E-state index in [0.29, 0.717) is 30.6 Å². The van der Waals surface area contributed by atoms with E-state index in [2.05, 4.69) is 16.5 Å². The minimum atomic E-state index is -0.248. The number of aryl methyl sites for hydroxylation is 1. The third-order valence-electron chi connectivity index (χ3n) is 7.12. The Morgan fingerprint density at radius 1 is 1.23 bits per heavy atom. The van der Waals surface area contributed by atoms with Crippen molar-refractivity contribution in [2.75, 3.05) is 20.2 Å². The first-order valence-electron chi connectivity index (χ1n) is 11.1. The number of likely N-dealkylation sites (tertiary alicyclic amines) is 1. The molecule has 1 amide bonds. The van der Waals surface area contributed by atoms with Crippen LogP contribution >= 0.6 is 0 Å².